The number of nitrogens with one attached hydrogen (secondary N) is 1. The first-order valence-corrected chi connectivity index (χ1v) is 8.26. The average Bonchev–Trinajstić information content (AvgIpc) is 3.00. The molecule has 106 valence electrons. The molecule has 0 aromatic rings. The standard InChI is InChI=1S/C16H32N2/c1-3-18(4-2)11-5-9-17-10-8-16-13-14-6-7-15(16)12-14/h14-17H,3-13H2,1-2H3. The molecule has 2 heteroatoms. The van der Waals surface area contributed by atoms with Gasteiger partial charge in [0.15, 0.2) is 0 Å². The first-order valence-electron chi connectivity index (χ1n) is 8.26. The fourth-order valence-corrected chi connectivity index (χ4v) is 4.11. The molecule has 0 amide bonds. The van der Waals surface area contributed by atoms with E-state index in [1.165, 1.54) is 52.0 Å². The van der Waals surface area contributed by atoms with E-state index in [1.807, 2.05) is 0 Å². The van der Waals surface area contributed by atoms with Gasteiger partial charge in [0.1, 0.15) is 0 Å². The van der Waals surface area contributed by atoms with E-state index < -0.39 is 0 Å². The third-order valence-electron chi connectivity index (χ3n) is 5.30. The molecule has 3 atom stereocenters. The number of hydrogen-bond donors (Lipinski definition) is 1. The van der Waals surface area contributed by atoms with Gasteiger partial charge in [-0.25, -0.2) is 0 Å². The van der Waals surface area contributed by atoms with Crippen LogP contribution in [0.3, 0.4) is 0 Å². The summed E-state index contributed by atoms with van der Waals surface area (Å²) in [6, 6.07) is 0. The van der Waals surface area contributed by atoms with E-state index in [0.29, 0.717) is 0 Å². The summed E-state index contributed by atoms with van der Waals surface area (Å²) in [6.07, 6.45) is 8.93. The Morgan fingerprint density at radius 3 is 2.50 bits per heavy atom. The van der Waals surface area contributed by atoms with Gasteiger partial charge in [-0.3, -0.25) is 0 Å². The molecule has 0 aromatic carbocycles. The summed E-state index contributed by atoms with van der Waals surface area (Å²) in [7, 11) is 0. The maximum absolute atomic E-state index is 3.65. The Bertz CT molecular complexity index is 225. The molecule has 0 radical (unpaired) electrons. The van der Waals surface area contributed by atoms with Gasteiger partial charge >= 0.3 is 0 Å². The molecule has 3 unspecified atom stereocenters. The zero-order chi connectivity index (χ0) is 12.8. The van der Waals surface area contributed by atoms with Crippen LogP contribution >= 0.6 is 0 Å². The molecule has 2 fully saturated rings. The Morgan fingerprint density at radius 2 is 1.89 bits per heavy atom. The molecule has 0 saturated heterocycles. The van der Waals surface area contributed by atoms with E-state index >= 15 is 0 Å². The first kappa shape index (κ1) is 14.3. The van der Waals surface area contributed by atoms with Crippen LogP contribution < -0.4 is 5.32 Å². The Labute approximate surface area is 114 Å². The second kappa shape index (κ2) is 7.49. The van der Waals surface area contributed by atoms with Crippen molar-refractivity contribution >= 4 is 0 Å². The highest BCUT2D eigenvalue weighted by molar-refractivity contribution is 4.89. The van der Waals surface area contributed by atoms with E-state index in [-0.39, 0.29) is 0 Å². The zero-order valence-electron chi connectivity index (χ0n) is 12.5. The molecular weight excluding hydrogens is 220 g/mol. The summed E-state index contributed by atoms with van der Waals surface area (Å²) in [5.74, 6) is 3.29. The highest BCUT2D eigenvalue weighted by atomic mass is 15.1. The van der Waals surface area contributed by atoms with Crippen LogP contribution in [0.25, 0.3) is 0 Å². The predicted octanol–water partition coefficient (Wildman–Crippen LogP) is 3.13. The highest BCUT2D eigenvalue weighted by Crippen LogP contribution is 2.49. The zero-order valence-corrected chi connectivity index (χ0v) is 12.5. The van der Waals surface area contributed by atoms with Gasteiger partial charge in [-0.15, -0.1) is 0 Å². The molecule has 2 saturated carbocycles. The molecule has 0 aromatic heterocycles. The van der Waals surface area contributed by atoms with Crippen molar-refractivity contribution in [1.82, 2.24) is 10.2 Å². The summed E-state index contributed by atoms with van der Waals surface area (Å²) in [6.45, 7) is 10.6. The van der Waals surface area contributed by atoms with E-state index in [2.05, 4.69) is 24.1 Å². The quantitative estimate of drug-likeness (QED) is 0.634. The fraction of sp³-hybridized carbons (Fsp3) is 1.00. The van der Waals surface area contributed by atoms with Crippen molar-refractivity contribution in [2.24, 2.45) is 17.8 Å². The third kappa shape index (κ3) is 3.96. The van der Waals surface area contributed by atoms with Crippen LogP contribution in [-0.2, 0) is 0 Å². The second-order valence-electron chi connectivity index (χ2n) is 6.35. The van der Waals surface area contributed by atoms with E-state index in [4.69, 9.17) is 0 Å². The average molecular weight is 252 g/mol. The van der Waals surface area contributed by atoms with Crippen LogP contribution in [0, 0.1) is 17.8 Å². The Kier molecular flexibility index (Phi) is 5.97. The summed E-state index contributed by atoms with van der Waals surface area (Å²) in [5.41, 5.74) is 0. The van der Waals surface area contributed by atoms with E-state index in [1.54, 1.807) is 19.3 Å². The van der Waals surface area contributed by atoms with Gasteiger partial charge < -0.3 is 10.2 Å². The number of rotatable bonds is 9. The maximum atomic E-state index is 3.65. The minimum absolute atomic E-state index is 1.07. The van der Waals surface area contributed by atoms with Crippen molar-refractivity contribution in [2.45, 2.75) is 52.4 Å². The van der Waals surface area contributed by atoms with Crippen molar-refractivity contribution < 1.29 is 0 Å². The number of fused-ring (bicyclic) bond motifs is 2. The van der Waals surface area contributed by atoms with Gasteiger partial charge in [0.25, 0.3) is 0 Å². The van der Waals surface area contributed by atoms with Crippen LogP contribution in [-0.4, -0.2) is 37.6 Å². The second-order valence-corrected chi connectivity index (χ2v) is 6.35. The molecule has 18 heavy (non-hydrogen) atoms. The Hall–Kier alpha value is -0.0800. The molecular formula is C16H32N2. The minimum atomic E-state index is 1.07. The van der Waals surface area contributed by atoms with Gasteiger partial charge in [0.05, 0.1) is 0 Å². The van der Waals surface area contributed by atoms with Crippen molar-refractivity contribution in [3.8, 4) is 0 Å². The van der Waals surface area contributed by atoms with Crippen molar-refractivity contribution in [3.63, 3.8) is 0 Å². The number of nitrogens with zero attached hydrogens (tertiary/aromatic N) is 1. The van der Waals surface area contributed by atoms with E-state index in [9.17, 15) is 0 Å². The predicted molar refractivity (Wildman–Crippen MR) is 78.8 cm³/mol. The molecule has 2 aliphatic rings. The lowest BCUT2D eigenvalue weighted by molar-refractivity contribution is 0.291. The van der Waals surface area contributed by atoms with E-state index in [0.717, 1.165) is 17.8 Å². The molecule has 2 bridgehead atoms. The number of hydrogen-bond acceptors (Lipinski definition) is 2. The topological polar surface area (TPSA) is 15.3 Å². The highest BCUT2D eigenvalue weighted by Gasteiger charge is 2.38. The molecule has 2 nitrogen and oxygen atoms in total. The van der Waals surface area contributed by atoms with Crippen LogP contribution in [0.2, 0.25) is 0 Å². The maximum Gasteiger partial charge on any atom is -0.000687 e. The fourth-order valence-electron chi connectivity index (χ4n) is 4.11. The summed E-state index contributed by atoms with van der Waals surface area (Å²) >= 11 is 0. The van der Waals surface area contributed by atoms with Gasteiger partial charge in [-0.1, -0.05) is 20.3 Å². The SMILES string of the molecule is CCN(CC)CCCNCCC1CC2CCC1C2. The van der Waals surface area contributed by atoms with Crippen LogP contribution in [0.15, 0.2) is 0 Å². The van der Waals surface area contributed by atoms with Crippen molar-refractivity contribution in [1.29, 1.82) is 0 Å². The summed E-state index contributed by atoms with van der Waals surface area (Å²) in [4.78, 5) is 2.51. The lowest BCUT2D eigenvalue weighted by Gasteiger charge is -2.22. The minimum Gasteiger partial charge on any atom is -0.317 e. The summed E-state index contributed by atoms with van der Waals surface area (Å²) < 4.78 is 0. The normalized spacial score (nSPS) is 30.5. The Balaban J connectivity index is 1.44. The van der Waals surface area contributed by atoms with Crippen LogP contribution in [0.1, 0.15) is 52.4 Å². The molecule has 1 N–H and O–H groups in total. The molecule has 2 aliphatic carbocycles. The van der Waals surface area contributed by atoms with Gasteiger partial charge in [0, 0.05) is 0 Å². The van der Waals surface area contributed by atoms with Crippen molar-refractivity contribution in [2.75, 3.05) is 32.7 Å². The van der Waals surface area contributed by atoms with Gasteiger partial charge in [-0.2, -0.15) is 0 Å². The van der Waals surface area contributed by atoms with Gasteiger partial charge in [-0.05, 0) is 82.6 Å². The monoisotopic (exact) mass is 252 g/mol. The smallest absolute Gasteiger partial charge is 0.000687 e. The lowest BCUT2D eigenvalue weighted by atomic mass is 9.86. The largest absolute Gasteiger partial charge is 0.317 e. The lowest BCUT2D eigenvalue weighted by Crippen LogP contribution is -2.28. The third-order valence-corrected chi connectivity index (χ3v) is 5.30. The van der Waals surface area contributed by atoms with Crippen LogP contribution in [0.4, 0.5) is 0 Å². The van der Waals surface area contributed by atoms with Gasteiger partial charge in [0.2, 0.25) is 0 Å². The molecule has 0 heterocycles. The Morgan fingerprint density at radius 1 is 1.06 bits per heavy atom. The first-order chi connectivity index (χ1) is 8.83. The molecule has 2 rings (SSSR count). The summed E-state index contributed by atoms with van der Waals surface area (Å²) in [5, 5.41) is 3.65. The molecule has 0 aliphatic heterocycles. The molecule has 0 spiro atoms. The van der Waals surface area contributed by atoms with Crippen LogP contribution in [0.5, 0.6) is 0 Å². The van der Waals surface area contributed by atoms with Crippen molar-refractivity contribution in [3.05, 3.63) is 0 Å².